The van der Waals surface area contributed by atoms with Crippen LogP contribution in [0.1, 0.15) is 32.9 Å². The van der Waals surface area contributed by atoms with Gasteiger partial charge in [-0.25, -0.2) is 4.39 Å². The highest BCUT2D eigenvalue weighted by atomic mass is 35.5. The minimum Gasteiger partial charge on any atom is -0.308 e. The van der Waals surface area contributed by atoms with Crippen LogP contribution in [0.4, 0.5) is 4.39 Å². The van der Waals surface area contributed by atoms with Crippen molar-refractivity contribution in [3.05, 3.63) is 46.9 Å². The summed E-state index contributed by atoms with van der Waals surface area (Å²) in [5.74, 6) is 1.22. The number of hydrogen-bond donors (Lipinski definition) is 1. The van der Waals surface area contributed by atoms with Crippen molar-refractivity contribution in [3.8, 4) is 11.3 Å². The molecule has 2 fully saturated rings. The topological polar surface area (TPSA) is 41.0 Å². The van der Waals surface area contributed by atoms with Crippen LogP contribution < -0.4 is 5.32 Å². The first kappa shape index (κ1) is 19.7. The number of halogens is 2. The Hall–Kier alpha value is -1.56. The zero-order chi connectivity index (χ0) is 19.9. The smallest absolute Gasteiger partial charge is 0.123 e. The molecule has 2 aliphatic rings. The Labute approximate surface area is 171 Å². The Morgan fingerprint density at radius 1 is 1.14 bits per heavy atom. The van der Waals surface area contributed by atoms with E-state index in [4.69, 9.17) is 11.6 Å². The van der Waals surface area contributed by atoms with Gasteiger partial charge in [0.25, 0.3) is 0 Å². The SMILES string of the molecule is CC(C)(C)CCN1C[C@@H]2[C@H](C1)[C@H]2NCc1ccc(-c2cc(F)ccc2Cl)nn1. The van der Waals surface area contributed by atoms with Crippen LogP contribution in [0.2, 0.25) is 5.02 Å². The lowest BCUT2D eigenvalue weighted by Crippen LogP contribution is -2.33. The van der Waals surface area contributed by atoms with Gasteiger partial charge < -0.3 is 10.2 Å². The minimum atomic E-state index is -0.330. The maximum Gasteiger partial charge on any atom is 0.123 e. The lowest BCUT2D eigenvalue weighted by molar-refractivity contribution is 0.239. The van der Waals surface area contributed by atoms with Gasteiger partial charge >= 0.3 is 0 Å². The molecule has 0 unspecified atom stereocenters. The molecule has 1 aromatic carbocycles. The number of hydrogen-bond acceptors (Lipinski definition) is 4. The fourth-order valence-corrected chi connectivity index (χ4v) is 4.32. The van der Waals surface area contributed by atoms with Crippen molar-refractivity contribution in [3.63, 3.8) is 0 Å². The molecule has 1 aliphatic heterocycles. The van der Waals surface area contributed by atoms with Crippen LogP contribution in [-0.4, -0.2) is 40.8 Å². The maximum atomic E-state index is 13.5. The third-order valence-electron chi connectivity index (χ3n) is 5.89. The van der Waals surface area contributed by atoms with E-state index in [1.165, 1.54) is 38.2 Å². The van der Waals surface area contributed by atoms with E-state index < -0.39 is 0 Å². The third-order valence-corrected chi connectivity index (χ3v) is 6.22. The summed E-state index contributed by atoms with van der Waals surface area (Å²) in [5, 5.41) is 12.6. The van der Waals surface area contributed by atoms with Crippen molar-refractivity contribution in [1.29, 1.82) is 0 Å². The fourth-order valence-electron chi connectivity index (χ4n) is 4.11. The van der Waals surface area contributed by atoms with Crippen molar-refractivity contribution < 1.29 is 4.39 Å². The molecular weight excluding hydrogens is 375 g/mol. The van der Waals surface area contributed by atoms with Gasteiger partial charge in [-0.1, -0.05) is 32.4 Å². The Balaban J connectivity index is 1.26. The molecule has 4 nitrogen and oxygen atoms in total. The summed E-state index contributed by atoms with van der Waals surface area (Å²) >= 11 is 6.14. The molecule has 6 heteroatoms. The van der Waals surface area contributed by atoms with E-state index >= 15 is 0 Å². The molecule has 0 bridgehead atoms. The molecule has 1 saturated carbocycles. The number of benzene rings is 1. The zero-order valence-corrected chi connectivity index (χ0v) is 17.5. The van der Waals surface area contributed by atoms with E-state index in [1.54, 1.807) is 6.07 Å². The fraction of sp³-hybridized carbons (Fsp3) is 0.545. The number of rotatable bonds is 6. The van der Waals surface area contributed by atoms with Crippen LogP contribution >= 0.6 is 11.6 Å². The van der Waals surface area contributed by atoms with E-state index in [1.807, 2.05) is 12.1 Å². The van der Waals surface area contributed by atoms with Gasteiger partial charge in [-0.2, -0.15) is 10.2 Å². The van der Waals surface area contributed by atoms with Gasteiger partial charge in [0.2, 0.25) is 0 Å². The van der Waals surface area contributed by atoms with Crippen molar-refractivity contribution in [2.45, 2.75) is 39.8 Å². The molecule has 2 aromatic rings. The molecule has 0 radical (unpaired) electrons. The predicted molar refractivity (Wildman–Crippen MR) is 111 cm³/mol. The minimum absolute atomic E-state index is 0.330. The summed E-state index contributed by atoms with van der Waals surface area (Å²) < 4.78 is 13.5. The average molecular weight is 403 g/mol. The van der Waals surface area contributed by atoms with E-state index in [-0.39, 0.29) is 5.82 Å². The zero-order valence-electron chi connectivity index (χ0n) is 16.8. The van der Waals surface area contributed by atoms with Gasteiger partial charge in [0.05, 0.1) is 16.4 Å². The number of fused-ring (bicyclic) bond motifs is 1. The van der Waals surface area contributed by atoms with Crippen LogP contribution in [0.25, 0.3) is 11.3 Å². The van der Waals surface area contributed by atoms with Crippen LogP contribution in [-0.2, 0) is 6.54 Å². The highest BCUT2D eigenvalue weighted by Crippen LogP contribution is 2.45. The molecular formula is C22H28ClFN4. The molecule has 3 atom stereocenters. The van der Waals surface area contributed by atoms with Crippen LogP contribution in [0.3, 0.4) is 0 Å². The van der Waals surface area contributed by atoms with E-state index in [0.717, 1.165) is 17.5 Å². The first-order valence-corrected chi connectivity index (χ1v) is 10.4. The van der Waals surface area contributed by atoms with E-state index in [2.05, 4.69) is 41.2 Å². The first-order chi connectivity index (χ1) is 13.3. The number of aromatic nitrogens is 2. The lowest BCUT2D eigenvalue weighted by Gasteiger charge is -2.25. The summed E-state index contributed by atoms with van der Waals surface area (Å²) in [6.45, 7) is 11.3. The second-order valence-electron chi connectivity index (χ2n) is 9.34. The van der Waals surface area contributed by atoms with Gasteiger partial charge in [0, 0.05) is 31.2 Å². The number of likely N-dealkylation sites (tertiary alicyclic amines) is 1. The van der Waals surface area contributed by atoms with Gasteiger partial charge in [0.15, 0.2) is 0 Å². The Bertz CT molecular complexity index is 821. The first-order valence-electron chi connectivity index (χ1n) is 10.0. The summed E-state index contributed by atoms with van der Waals surface area (Å²) in [6.07, 6.45) is 1.25. The van der Waals surface area contributed by atoms with Gasteiger partial charge in [-0.05, 0) is 60.5 Å². The van der Waals surface area contributed by atoms with Gasteiger partial charge in [-0.3, -0.25) is 0 Å². The molecule has 1 N–H and O–H groups in total. The monoisotopic (exact) mass is 402 g/mol. The molecule has 150 valence electrons. The molecule has 1 aliphatic carbocycles. The third kappa shape index (κ3) is 4.53. The number of piperidine rings is 1. The molecule has 28 heavy (non-hydrogen) atoms. The maximum absolute atomic E-state index is 13.5. The second kappa shape index (κ2) is 7.69. The van der Waals surface area contributed by atoms with Crippen LogP contribution in [0.5, 0.6) is 0 Å². The van der Waals surface area contributed by atoms with Gasteiger partial charge in [-0.15, -0.1) is 0 Å². The summed E-state index contributed by atoms with van der Waals surface area (Å²) in [7, 11) is 0. The van der Waals surface area contributed by atoms with E-state index in [9.17, 15) is 4.39 Å². The lowest BCUT2D eigenvalue weighted by atomic mass is 9.92. The average Bonchev–Trinajstić information content (AvgIpc) is 3.10. The van der Waals surface area contributed by atoms with Crippen molar-refractivity contribution >= 4 is 11.6 Å². The molecule has 1 aromatic heterocycles. The quantitative estimate of drug-likeness (QED) is 0.777. The number of nitrogens with one attached hydrogen (secondary N) is 1. The summed E-state index contributed by atoms with van der Waals surface area (Å²) in [5.41, 5.74) is 2.46. The summed E-state index contributed by atoms with van der Waals surface area (Å²) in [6, 6.07) is 8.66. The second-order valence-corrected chi connectivity index (χ2v) is 9.75. The number of nitrogens with zero attached hydrogens (tertiary/aromatic N) is 3. The summed E-state index contributed by atoms with van der Waals surface area (Å²) in [4.78, 5) is 2.61. The largest absolute Gasteiger partial charge is 0.308 e. The van der Waals surface area contributed by atoms with Crippen LogP contribution in [0, 0.1) is 23.1 Å². The van der Waals surface area contributed by atoms with Crippen molar-refractivity contribution in [1.82, 2.24) is 20.4 Å². The van der Waals surface area contributed by atoms with Crippen LogP contribution in [0.15, 0.2) is 30.3 Å². The van der Waals surface area contributed by atoms with Crippen molar-refractivity contribution in [2.75, 3.05) is 19.6 Å². The van der Waals surface area contributed by atoms with Gasteiger partial charge in [0.1, 0.15) is 5.82 Å². The Morgan fingerprint density at radius 2 is 1.89 bits per heavy atom. The van der Waals surface area contributed by atoms with E-state index in [0.29, 0.717) is 34.3 Å². The molecule has 1 saturated heterocycles. The predicted octanol–water partition coefficient (Wildman–Crippen LogP) is 4.39. The molecule has 2 heterocycles. The normalized spacial score (nSPS) is 24.4. The standard InChI is InChI=1S/C22H28ClFN4/c1-22(2,3)8-9-28-12-17-18(13-28)21(17)25-11-15-5-7-20(27-26-15)16-10-14(24)4-6-19(16)23/h4-7,10,17-18,21,25H,8-9,11-13H2,1-3H3/t17-,18+,21+. The Morgan fingerprint density at radius 3 is 2.54 bits per heavy atom. The highest BCUT2D eigenvalue weighted by Gasteiger charge is 2.55. The Kier molecular flexibility index (Phi) is 5.43. The molecule has 0 spiro atoms. The van der Waals surface area contributed by atoms with Crippen molar-refractivity contribution in [2.24, 2.45) is 17.3 Å². The molecule has 0 amide bonds. The molecule has 4 rings (SSSR count). The highest BCUT2D eigenvalue weighted by molar-refractivity contribution is 6.33.